The monoisotopic (exact) mass is 265 g/mol. The average Bonchev–Trinajstić information content (AvgIpc) is 3.02. The summed E-state index contributed by atoms with van der Waals surface area (Å²) in [5.41, 5.74) is 0. The fraction of sp³-hybridized carbons (Fsp3) is 0.692. The summed E-state index contributed by atoms with van der Waals surface area (Å²) < 4.78 is 7.47. The highest BCUT2D eigenvalue weighted by Crippen LogP contribution is 2.34. The van der Waals surface area contributed by atoms with Crippen molar-refractivity contribution in [3.8, 4) is 0 Å². The van der Waals surface area contributed by atoms with Crippen molar-refractivity contribution in [3.63, 3.8) is 0 Å². The molecule has 0 radical (unpaired) electrons. The zero-order valence-electron chi connectivity index (χ0n) is 11.0. The summed E-state index contributed by atoms with van der Waals surface area (Å²) in [6, 6.07) is 0.0788. The van der Waals surface area contributed by atoms with Crippen LogP contribution in [0.15, 0.2) is 12.4 Å². The third-order valence-corrected chi connectivity index (χ3v) is 4.17. The van der Waals surface area contributed by atoms with Crippen LogP contribution in [-0.2, 0) is 11.8 Å². The van der Waals surface area contributed by atoms with Gasteiger partial charge in [0.25, 0.3) is 5.91 Å². The van der Waals surface area contributed by atoms with Crippen molar-refractivity contribution >= 4 is 5.91 Å². The van der Waals surface area contributed by atoms with Gasteiger partial charge in [-0.2, -0.15) is 0 Å². The van der Waals surface area contributed by atoms with E-state index in [9.17, 15) is 9.90 Å². The topological polar surface area (TPSA) is 67.6 Å². The van der Waals surface area contributed by atoms with Crippen LogP contribution in [0.25, 0.3) is 0 Å². The number of nitrogens with zero attached hydrogens (tertiary/aromatic N) is 3. The molecule has 1 saturated carbocycles. The molecule has 2 fully saturated rings. The van der Waals surface area contributed by atoms with Crippen molar-refractivity contribution in [2.75, 3.05) is 19.8 Å². The van der Waals surface area contributed by atoms with Crippen molar-refractivity contribution in [3.05, 3.63) is 18.2 Å². The molecule has 1 aromatic heterocycles. The Morgan fingerprint density at radius 2 is 2.42 bits per heavy atom. The van der Waals surface area contributed by atoms with Crippen molar-refractivity contribution in [1.29, 1.82) is 0 Å². The van der Waals surface area contributed by atoms with E-state index < -0.39 is 0 Å². The van der Waals surface area contributed by atoms with E-state index in [2.05, 4.69) is 4.98 Å². The van der Waals surface area contributed by atoms with Gasteiger partial charge in [0.15, 0.2) is 5.82 Å². The summed E-state index contributed by atoms with van der Waals surface area (Å²) in [5.74, 6) is 0.669. The maximum Gasteiger partial charge on any atom is 0.290 e. The van der Waals surface area contributed by atoms with Crippen molar-refractivity contribution in [2.24, 2.45) is 13.0 Å². The third kappa shape index (κ3) is 2.15. The number of hydrogen-bond acceptors (Lipinski definition) is 4. The number of rotatable bonds is 2. The number of ether oxygens (including phenoxy) is 1. The zero-order chi connectivity index (χ0) is 13.4. The number of morpholine rings is 1. The number of aliphatic hydroxyl groups is 1. The van der Waals surface area contributed by atoms with Gasteiger partial charge in [0.05, 0.1) is 18.8 Å². The summed E-state index contributed by atoms with van der Waals surface area (Å²) in [5, 5.41) is 9.29. The number of aryl methyl sites for hydroxylation is 1. The smallest absolute Gasteiger partial charge is 0.290 e. The molecular weight excluding hydrogens is 246 g/mol. The number of imidazole rings is 1. The largest absolute Gasteiger partial charge is 0.396 e. The number of amides is 1. The fourth-order valence-corrected chi connectivity index (χ4v) is 3.15. The summed E-state index contributed by atoms with van der Waals surface area (Å²) in [7, 11) is 1.82. The second kappa shape index (κ2) is 4.94. The highest BCUT2D eigenvalue weighted by atomic mass is 16.5. The second-order valence-corrected chi connectivity index (χ2v) is 5.36. The molecule has 19 heavy (non-hydrogen) atoms. The quantitative estimate of drug-likeness (QED) is 0.819. The van der Waals surface area contributed by atoms with Gasteiger partial charge < -0.3 is 19.3 Å². The number of aromatic nitrogens is 2. The van der Waals surface area contributed by atoms with Gasteiger partial charge >= 0.3 is 0 Å². The highest BCUT2D eigenvalue weighted by Gasteiger charge is 2.43. The molecule has 0 bridgehead atoms. The maximum atomic E-state index is 12.5. The molecule has 1 aliphatic carbocycles. The minimum Gasteiger partial charge on any atom is -0.396 e. The molecule has 0 spiro atoms. The van der Waals surface area contributed by atoms with Crippen LogP contribution in [0.3, 0.4) is 0 Å². The maximum absolute atomic E-state index is 12.5. The standard InChI is InChI=1S/C13H19N3O3/c1-15-3-2-14-12(15)13(18)16-4-5-19-11-7-9(8-17)6-10(11)16/h2-3,9-11,17H,4-8H2,1H3/t9-,10+,11?/m1/s1. The molecule has 6 nitrogen and oxygen atoms in total. The Balaban J connectivity index is 1.80. The van der Waals surface area contributed by atoms with Gasteiger partial charge in [-0.3, -0.25) is 4.79 Å². The van der Waals surface area contributed by atoms with Gasteiger partial charge in [0.2, 0.25) is 0 Å². The first-order valence-electron chi connectivity index (χ1n) is 6.71. The molecule has 1 amide bonds. The third-order valence-electron chi connectivity index (χ3n) is 4.17. The fourth-order valence-electron chi connectivity index (χ4n) is 3.15. The van der Waals surface area contributed by atoms with Gasteiger partial charge in [-0.15, -0.1) is 0 Å². The molecule has 1 saturated heterocycles. The van der Waals surface area contributed by atoms with Gasteiger partial charge in [-0.05, 0) is 18.8 Å². The molecule has 1 aliphatic heterocycles. The molecule has 1 aromatic rings. The van der Waals surface area contributed by atoms with Crippen LogP contribution in [0.5, 0.6) is 0 Å². The molecule has 2 aliphatic rings. The first-order valence-corrected chi connectivity index (χ1v) is 6.71. The number of fused-ring (bicyclic) bond motifs is 1. The van der Waals surface area contributed by atoms with E-state index in [1.165, 1.54) is 0 Å². The van der Waals surface area contributed by atoms with E-state index in [-0.39, 0.29) is 30.6 Å². The molecule has 3 atom stereocenters. The zero-order valence-corrected chi connectivity index (χ0v) is 11.0. The lowest BCUT2D eigenvalue weighted by molar-refractivity contribution is -0.0453. The van der Waals surface area contributed by atoms with Crippen LogP contribution in [0.1, 0.15) is 23.5 Å². The van der Waals surface area contributed by atoms with E-state index in [1.54, 1.807) is 17.0 Å². The summed E-state index contributed by atoms with van der Waals surface area (Å²) >= 11 is 0. The molecular formula is C13H19N3O3. The minimum absolute atomic E-state index is 0.0376. The van der Waals surface area contributed by atoms with Gasteiger partial charge in [0, 0.05) is 32.6 Å². The van der Waals surface area contributed by atoms with E-state index >= 15 is 0 Å². The number of carbonyl (C=O) groups is 1. The van der Waals surface area contributed by atoms with Crippen LogP contribution >= 0.6 is 0 Å². The summed E-state index contributed by atoms with van der Waals surface area (Å²) in [6.45, 7) is 1.33. The molecule has 104 valence electrons. The van der Waals surface area contributed by atoms with Gasteiger partial charge in [-0.1, -0.05) is 0 Å². The molecule has 6 heteroatoms. The molecule has 3 rings (SSSR count). The van der Waals surface area contributed by atoms with Gasteiger partial charge in [-0.25, -0.2) is 4.98 Å². The summed E-state index contributed by atoms with van der Waals surface area (Å²) in [4.78, 5) is 18.5. The lowest BCUT2D eigenvalue weighted by atomic mass is 10.1. The number of aliphatic hydroxyl groups excluding tert-OH is 1. The Hall–Kier alpha value is -1.40. The van der Waals surface area contributed by atoms with Crippen LogP contribution in [0.2, 0.25) is 0 Å². The lowest BCUT2D eigenvalue weighted by Crippen LogP contribution is -2.51. The Bertz CT molecular complexity index is 473. The predicted octanol–water partition coefficient (Wildman–Crippen LogP) is 0.0320. The van der Waals surface area contributed by atoms with Crippen molar-refractivity contribution < 1.29 is 14.6 Å². The number of carbonyl (C=O) groups excluding carboxylic acids is 1. The summed E-state index contributed by atoms with van der Waals surface area (Å²) in [6.07, 6.45) is 5.13. The Morgan fingerprint density at radius 1 is 1.58 bits per heavy atom. The van der Waals surface area contributed by atoms with Crippen molar-refractivity contribution in [2.45, 2.75) is 25.0 Å². The van der Waals surface area contributed by atoms with Crippen LogP contribution in [0, 0.1) is 5.92 Å². The van der Waals surface area contributed by atoms with Crippen LogP contribution in [0.4, 0.5) is 0 Å². The predicted molar refractivity (Wildman–Crippen MR) is 67.6 cm³/mol. The molecule has 1 N–H and O–H groups in total. The first kappa shape index (κ1) is 12.6. The Labute approximate surface area is 112 Å². The van der Waals surface area contributed by atoms with Crippen LogP contribution in [-0.4, -0.2) is 57.4 Å². The highest BCUT2D eigenvalue weighted by molar-refractivity contribution is 5.91. The van der Waals surface area contributed by atoms with E-state index in [0.717, 1.165) is 12.8 Å². The Kier molecular flexibility index (Phi) is 3.28. The SMILES string of the molecule is Cn1ccnc1C(=O)N1CCOC2C[C@H](CO)C[C@@H]21. The van der Waals surface area contributed by atoms with Crippen LogP contribution < -0.4 is 0 Å². The average molecular weight is 265 g/mol. The normalized spacial score (nSPS) is 30.4. The lowest BCUT2D eigenvalue weighted by Gasteiger charge is -2.37. The first-order chi connectivity index (χ1) is 9.20. The van der Waals surface area contributed by atoms with Crippen molar-refractivity contribution in [1.82, 2.24) is 14.5 Å². The molecule has 2 heterocycles. The molecule has 1 unspecified atom stereocenters. The van der Waals surface area contributed by atoms with E-state index in [4.69, 9.17) is 4.74 Å². The second-order valence-electron chi connectivity index (χ2n) is 5.36. The van der Waals surface area contributed by atoms with E-state index in [1.807, 2.05) is 11.9 Å². The minimum atomic E-state index is -0.0376. The molecule has 0 aromatic carbocycles. The van der Waals surface area contributed by atoms with E-state index in [0.29, 0.717) is 19.0 Å². The Morgan fingerprint density at radius 3 is 3.11 bits per heavy atom. The number of hydrogen-bond donors (Lipinski definition) is 1. The van der Waals surface area contributed by atoms with Gasteiger partial charge in [0.1, 0.15) is 0 Å².